The Kier molecular flexibility index (Phi) is 6.65. The predicted molar refractivity (Wildman–Crippen MR) is 98.9 cm³/mol. The minimum atomic E-state index is 0.520. The number of ether oxygens (including phenoxy) is 3. The zero-order valence-corrected chi connectivity index (χ0v) is 16.1. The van der Waals surface area contributed by atoms with Crippen LogP contribution in [-0.2, 0) is 20.1 Å². The van der Waals surface area contributed by atoms with Crippen molar-refractivity contribution in [1.29, 1.82) is 0 Å². The Morgan fingerprint density at radius 1 is 1.04 bits per heavy atom. The molecule has 0 aliphatic heterocycles. The average Bonchev–Trinajstić information content (AvgIpc) is 2.99. The number of hydrogen-bond donors (Lipinski definition) is 2. The molecule has 0 aliphatic carbocycles. The minimum absolute atomic E-state index is 0.520. The van der Waals surface area contributed by atoms with Crippen molar-refractivity contribution in [1.82, 2.24) is 25.4 Å². The summed E-state index contributed by atoms with van der Waals surface area (Å²) in [6.07, 6.45) is 0. The molecular formula is C17H26N6O3. The Labute approximate surface area is 153 Å². The second-order valence-corrected chi connectivity index (χ2v) is 5.54. The standard InChI is InChI=1S/C17H26N6O3/c1-11-21-22-15(23(11)3)10-20-17(18-2)19-9-12-7-13(24-4)16(26-6)14(8-12)25-5/h7-8H,9-10H2,1-6H3,(H2,18,19,20). The summed E-state index contributed by atoms with van der Waals surface area (Å²) < 4.78 is 18.0. The largest absolute Gasteiger partial charge is 0.493 e. The van der Waals surface area contributed by atoms with Gasteiger partial charge in [0.05, 0.1) is 27.9 Å². The van der Waals surface area contributed by atoms with E-state index in [-0.39, 0.29) is 0 Å². The second-order valence-electron chi connectivity index (χ2n) is 5.54. The van der Waals surface area contributed by atoms with Gasteiger partial charge in [-0.2, -0.15) is 0 Å². The zero-order chi connectivity index (χ0) is 19.1. The molecular weight excluding hydrogens is 336 g/mol. The predicted octanol–water partition coefficient (Wildman–Crippen LogP) is 1.01. The minimum Gasteiger partial charge on any atom is -0.493 e. The number of aliphatic imine (C=N–C) groups is 1. The van der Waals surface area contributed by atoms with Crippen molar-refractivity contribution in [2.75, 3.05) is 28.4 Å². The van der Waals surface area contributed by atoms with Crippen LogP contribution in [0.15, 0.2) is 17.1 Å². The Morgan fingerprint density at radius 2 is 1.65 bits per heavy atom. The molecule has 1 heterocycles. The summed E-state index contributed by atoms with van der Waals surface area (Å²) in [4.78, 5) is 4.22. The SMILES string of the molecule is CN=C(NCc1cc(OC)c(OC)c(OC)c1)NCc1nnc(C)n1C. The van der Waals surface area contributed by atoms with Gasteiger partial charge in [0.15, 0.2) is 23.3 Å². The molecule has 0 atom stereocenters. The van der Waals surface area contributed by atoms with Gasteiger partial charge in [0.2, 0.25) is 5.75 Å². The van der Waals surface area contributed by atoms with Crippen molar-refractivity contribution < 1.29 is 14.2 Å². The van der Waals surface area contributed by atoms with Crippen LogP contribution in [0.1, 0.15) is 17.2 Å². The van der Waals surface area contributed by atoms with Crippen LogP contribution in [0.25, 0.3) is 0 Å². The molecule has 0 fully saturated rings. The van der Waals surface area contributed by atoms with Gasteiger partial charge in [0.1, 0.15) is 5.82 Å². The lowest BCUT2D eigenvalue weighted by atomic mass is 10.2. The lowest BCUT2D eigenvalue weighted by Gasteiger charge is -2.15. The Hall–Kier alpha value is -2.97. The first-order chi connectivity index (χ1) is 12.5. The van der Waals surface area contributed by atoms with Crippen molar-refractivity contribution in [2.45, 2.75) is 20.0 Å². The molecule has 0 saturated heterocycles. The van der Waals surface area contributed by atoms with E-state index < -0.39 is 0 Å². The van der Waals surface area contributed by atoms with Gasteiger partial charge in [0, 0.05) is 20.6 Å². The van der Waals surface area contributed by atoms with Gasteiger partial charge in [0.25, 0.3) is 0 Å². The fourth-order valence-corrected chi connectivity index (χ4v) is 2.41. The maximum Gasteiger partial charge on any atom is 0.203 e. The maximum absolute atomic E-state index is 5.38. The highest BCUT2D eigenvalue weighted by Gasteiger charge is 2.13. The third kappa shape index (κ3) is 4.35. The molecule has 9 nitrogen and oxygen atoms in total. The van der Waals surface area contributed by atoms with Gasteiger partial charge in [-0.25, -0.2) is 0 Å². The van der Waals surface area contributed by atoms with E-state index >= 15 is 0 Å². The summed E-state index contributed by atoms with van der Waals surface area (Å²) in [5.74, 6) is 4.14. The van der Waals surface area contributed by atoms with Gasteiger partial charge >= 0.3 is 0 Å². The van der Waals surface area contributed by atoms with Gasteiger partial charge in [-0.15, -0.1) is 10.2 Å². The van der Waals surface area contributed by atoms with Crippen LogP contribution < -0.4 is 24.8 Å². The first-order valence-corrected chi connectivity index (χ1v) is 8.12. The smallest absolute Gasteiger partial charge is 0.203 e. The summed E-state index contributed by atoms with van der Waals surface area (Å²) in [5, 5.41) is 14.6. The first-order valence-electron chi connectivity index (χ1n) is 8.12. The quantitative estimate of drug-likeness (QED) is 0.561. The molecule has 0 bridgehead atoms. The van der Waals surface area contributed by atoms with Crippen molar-refractivity contribution in [3.63, 3.8) is 0 Å². The summed E-state index contributed by atoms with van der Waals surface area (Å²) in [6.45, 7) is 2.97. The number of nitrogens with zero attached hydrogens (tertiary/aromatic N) is 4. The van der Waals surface area contributed by atoms with Crippen molar-refractivity contribution >= 4 is 5.96 Å². The van der Waals surface area contributed by atoms with E-state index in [0.29, 0.717) is 36.3 Å². The molecule has 0 saturated carbocycles. The zero-order valence-electron chi connectivity index (χ0n) is 16.1. The van der Waals surface area contributed by atoms with Gasteiger partial charge in [-0.3, -0.25) is 4.99 Å². The Morgan fingerprint density at radius 3 is 2.12 bits per heavy atom. The number of methoxy groups -OCH3 is 3. The van der Waals surface area contributed by atoms with Crippen LogP contribution >= 0.6 is 0 Å². The summed E-state index contributed by atoms with van der Waals surface area (Å²) in [5.41, 5.74) is 0.969. The molecule has 0 radical (unpaired) electrons. The van der Waals surface area contributed by atoms with Crippen LogP contribution in [0.3, 0.4) is 0 Å². The monoisotopic (exact) mass is 362 g/mol. The Bertz CT molecular complexity index is 747. The van der Waals surface area contributed by atoms with E-state index in [2.05, 4.69) is 25.8 Å². The van der Waals surface area contributed by atoms with Crippen LogP contribution in [-0.4, -0.2) is 49.1 Å². The van der Waals surface area contributed by atoms with Crippen LogP contribution in [0, 0.1) is 6.92 Å². The van der Waals surface area contributed by atoms with Crippen molar-refractivity contribution in [2.24, 2.45) is 12.0 Å². The van der Waals surface area contributed by atoms with Gasteiger partial charge in [-0.1, -0.05) is 0 Å². The molecule has 0 amide bonds. The average molecular weight is 362 g/mol. The highest BCUT2D eigenvalue weighted by atomic mass is 16.5. The first kappa shape index (κ1) is 19.4. The molecule has 1 aromatic heterocycles. The lowest BCUT2D eigenvalue weighted by molar-refractivity contribution is 0.323. The molecule has 2 aromatic rings. The molecule has 26 heavy (non-hydrogen) atoms. The number of aryl methyl sites for hydroxylation is 1. The summed E-state index contributed by atoms with van der Waals surface area (Å²) in [7, 11) is 8.42. The van der Waals surface area contributed by atoms with E-state index in [1.165, 1.54) is 0 Å². The highest BCUT2D eigenvalue weighted by molar-refractivity contribution is 5.79. The number of nitrogens with one attached hydrogen (secondary N) is 2. The second kappa shape index (κ2) is 8.93. The van der Waals surface area contributed by atoms with Crippen LogP contribution in [0.2, 0.25) is 0 Å². The molecule has 2 rings (SSSR count). The third-order valence-electron chi connectivity index (χ3n) is 4.00. The summed E-state index contributed by atoms with van der Waals surface area (Å²) in [6, 6.07) is 3.79. The van der Waals surface area contributed by atoms with E-state index in [4.69, 9.17) is 14.2 Å². The Balaban J connectivity index is 2.03. The molecule has 0 aliphatic rings. The molecule has 2 N–H and O–H groups in total. The number of guanidine groups is 1. The molecule has 142 valence electrons. The lowest BCUT2D eigenvalue weighted by Crippen LogP contribution is -2.36. The number of rotatable bonds is 7. The molecule has 1 aromatic carbocycles. The normalized spacial score (nSPS) is 11.2. The van der Waals surface area contributed by atoms with Crippen LogP contribution in [0.5, 0.6) is 17.2 Å². The van der Waals surface area contributed by atoms with Gasteiger partial charge < -0.3 is 29.4 Å². The van der Waals surface area contributed by atoms with Crippen LogP contribution in [0.4, 0.5) is 0 Å². The number of aromatic nitrogens is 3. The van der Waals surface area contributed by atoms with E-state index in [9.17, 15) is 0 Å². The number of hydrogen-bond acceptors (Lipinski definition) is 6. The summed E-state index contributed by atoms with van der Waals surface area (Å²) >= 11 is 0. The molecule has 0 spiro atoms. The van der Waals surface area contributed by atoms with Crippen molar-refractivity contribution in [3.8, 4) is 17.2 Å². The number of benzene rings is 1. The van der Waals surface area contributed by atoms with E-state index in [1.807, 2.05) is 30.7 Å². The fourth-order valence-electron chi connectivity index (χ4n) is 2.41. The third-order valence-corrected chi connectivity index (χ3v) is 4.00. The highest BCUT2D eigenvalue weighted by Crippen LogP contribution is 2.38. The van der Waals surface area contributed by atoms with E-state index in [1.54, 1.807) is 28.4 Å². The topological polar surface area (TPSA) is 94.8 Å². The fraction of sp³-hybridized carbons (Fsp3) is 0.471. The molecule has 0 unspecified atom stereocenters. The maximum atomic E-state index is 5.38. The van der Waals surface area contributed by atoms with Gasteiger partial charge in [-0.05, 0) is 24.6 Å². The van der Waals surface area contributed by atoms with E-state index in [0.717, 1.165) is 17.2 Å². The molecule has 9 heteroatoms. The van der Waals surface area contributed by atoms with Crippen molar-refractivity contribution in [3.05, 3.63) is 29.3 Å².